The van der Waals surface area contributed by atoms with Crippen molar-refractivity contribution >= 4 is 25.4 Å². The molecule has 2 nitrogen and oxygen atoms in total. The second kappa shape index (κ2) is 7.53. The van der Waals surface area contributed by atoms with Crippen LogP contribution in [0.15, 0.2) is 35.3 Å². The molecule has 26 heavy (non-hydrogen) atoms. The van der Waals surface area contributed by atoms with Crippen LogP contribution >= 0.6 is 8.58 Å². The van der Waals surface area contributed by atoms with Crippen molar-refractivity contribution in [1.82, 2.24) is 0 Å². The van der Waals surface area contributed by atoms with Gasteiger partial charge in [-0.1, -0.05) is 53.6 Å². The maximum absolute atomic E-state index is 10.9. The minimum atomic E-state index is -0.102. The van der Waals surface area contributed by atoms with Crippen molar-refractivity contribution < 1.29 is 5.11 Å². The highest BCUT2D eigenvalue weighted by Gasteiger charge is 2.21. The maximum Gasteiger partial charge on any atom is 0.127 e. The van der Waals surface area contributed by atoms with Crippen molar-refractivity contribution in [3.05, 3.63) is 52.6 Å². The Bertz CT molecular complexity index is 823. The summed E-state index contributed by atoms with van der Waals surface area (Å²) in [5.74, 6) is 0.434. The highest BCUT2D eigenvalue weighted by Crippen LogP contribution is 2.33. The van der Waals surface area contributed by atoms with Crippen LogP contribution in [0.5, 0.6) is 5.75 Å². The summed E-state index contributed by atoms with van der Waals surface area (Å²) >= 11 is 0. The van der Waals surface area contributed by atoms with Crippen LogP contribution < -0.4 is 10.6 Å². The minimum absolute atomic E-state index is 0.0857. The summed E-state index contributed by atoms with van der Waals surface area (Å²) in [6.07, 6.45) is 1.98. The van der Waals surface area contributed by atoms with E-state index in [4.69, 9.17) is 0 Å². The highest BCUT2D eigenvalue weighted by atomic mass is 31.1. The van der Waals surface area contributed by atoms with Gasteiger partial charge in [-0.15, -0.1) is 0 Å². The standard InChI is InChI=1S/C23H32NOP/c1-15-12-18(22(3,4)5)20(25)19(13-15)26-21-16(2)10-9-11-17(21)14-24-23(6,7)8/h9-14,25-26H,1-8H3. The number of benzene rings is 2. The summed E-state index contributed by atoms with van der Waals surface area (Å²) < 4.78 is 0. The molecule has 1 unspecified atom stereocenters. The van der Waals surface area contributed by atoms with Gasteiger partial charge in [0.25, 0.3) is 0 Å². The Kier molecular flexibility index (Phi) is 5.98. The molecule has 3 heteroatoms. The molecule has 0 aliphatic carbocycles. The van der Waals surface area contributed by atoms with Gasteiger partial charge in [0.05, 0.1) is 5.54 Å². The molecular weight excluding hydrogens is 337 g/mol. The summed E-state index contributed by atoms with van der Waals surface area (Å²) in [6.45, 7) is 17.0. The van der Waals surface area contributed by atoms with E-state index in [-0.39, 0.29) is 11.0 Å². The van der Waals surface area contributed by atoms with E-state index in [0.717, 1.165) is 16.4 Å². The molecule has 0 fully saturated rings. The van der Waals surface area contributed by atoms with Gasteiger partial charge in [-0.05, 0) is 62.5 Å². The summed E-state index contributed by atoms with van der Waals surface area (Å²) in [4.78, 5) is 4.68. The second-order valence-corrected chi connectivity index (χ2v) is 10.3. The molecule has 0 aromatic heterocycles. The molecule has 2 aromatic rings. The van der Waals surface area contributed by atoms with Crippen LogP contribution in [-0.4, -0.2) is 16.9 Å². The quantitative estimate of drug-likeness (QED) is 0.589. The molecule has 1 atom stereocenters. The van der Waals surface area contributed by atoms with Crippen LogP contribution in [0.2, 0.25) is 0 Å². The predicted octanol–water partition coefficient (Wildman–Crippen LogP) is 5.15. The topological polar surface area (TPSA) is 32.6 Å². The first kappa shape index (κ1) is 20.6. The average molecular weight is 369 g/mol. The third-order valence-electron chi connectivity index (χ3n) is 4.22. The number of aromatic hydroxyl groups is 1. The third-order valence-corrected chi connectivity index (χ3v) is 5.80. The van der Waals surface area contributed by atoms with Gasteiger partial charge in [0.15, 0.2) is 0 Å². The first-order valence-electron chi connectivity index (χ1n) is 9.14. The van der Waals surface area contributed by atoms with Crippen LogP contribution in [0, 0.1) is 13.8 Å². The van der Waals surface area contributed by atoms with Crippen molar-refractivity contribution in [2.75, 3.05) is 0 Å². The maximum atomic E-state index is 10.9. The average Bonchev–Trinajstić information content (AvgIpc) is 2.49. The van der Waals surface area contributed by atoms with Gasteiger partial charge < -0.3 is 5.11 Å². The first-order valence-corrected chi connectivity index (χ1v) is 10.1. The molecular formula is C23H32NOP. The summed E-state index contributed by atoms with van der Waals surface area (Å²) in [5.41, 5.74) is 4.38. The number of aryl methyl sites for hydroxylation is 2. The Hall–Kier alpha value is -1.66. The van der Waals surface area contributed by atoms with Crippen molar-refractivity contribution in [3.8, 4) is 5.75 Å². The largest absolute Gasteiger partial charge is 0.507 e. The molecule has 0 heterocycles. The Labute approximate surface area is 160 Å². The van der Waals surface area contributed by atoms with Gasteiger partial charge in [0.1, 0.15) is 5.75 Å². The lowest BCUT2D eigenvalue weighted by atomic mass is 9.85. The summed E-state index contributed by atoms with van der Waals surface area (Å²) in [7, 11) is 0.397. The van der Waals surface area contributed by atoms with Crippen molar-refractivity contribution in [3.63, 3.8) is 0 Å². The van der Waals surface area contributed by atoms with Crippen molar-refractivity contribution in [2.45, 2.75) is 66.3 Å². The van der Waals surface area contributed by atoms with Crippen LogP contribution in [0.1, 0.15) is 63.8 Å². The molecule has 0 radical (unpaired) electrons. The summed E-state index contributed by atoms with van der Waals surface area (Å²) in [6, 6.07) is 10.5. The first-order chi connectivity index (χ1) is 11.9. The molecule has 0 saturated carbocycles. The van der Waals surface area contributed by atoms with Gasteiger partial charge in [-0.25, -0.2) is 0 Å². The lowest BCUT2D eigenvalue weighted by Gasteiger charge is -2.23. The van der Waals surface area contributed by atoms with E-state index < -0.39 is 0 Å². The second-order valence-electron chi connectivity index (χ2n) is 9.05. The molecule has 2 rings (SSSR count). The highest BCUT2D eigenvalue weighted by molar-refractivity contribution is 7.56. The molecule has 1 N–H and O–H groups in total. The fourth-order valence-electron chi connectivity index (χ4n) is 2.81. The molecule has 0 bridgehead atoms. The van der Waals surface area contributed by atoms with Crippen LogP contribution in [0.4, 0.5) is 0 Å². The monoisotopic (exact) mass is 369 g/mol. The molecule has 140 valence electrons. The molecule has 0 aliphatic rings. The van der Waals surface area contributed by atoms with E-state index in [0.29, 0.717) is 14.3 Å². The smallest absolute Gasteiger partial charge is 0.127 e. The van der Waals surface area contributed by atoms with E-state index in [9.17, 15) is 5.11 Å². The van der Waals surface area contributed by atoms with Gasteiger partial charge in [-0.3, -0.25) is 4.99 Å². The third kappa shape index (κ3) is 5.17. The lowest BCUT2D eigenvalue weighted by Crippen LogP contribution is -2.18. The Morgan fingerprint density at radius 2 is 1.65 bits per heavy atom. The molecule has 0 aliphatic heterocycles. The van der Waals surface area contributed by atoms with Gasteiger partial charge >= 0.3 is 0 Å². The zero-order valence-electron chi connectivity index (χ0n) is 17.4. The normalized spacial score (nSPS) is 13.2. The SMILES string of the molecule is Cc1cc(Pc2c(C)cccc2C=NC(C)(C)C)c(O)c(C(C)(C)C)c1. The number of hydrogen-bond acceptors (Lipinski definition) is 2. The van der Waals surface area contributed by atoms with Crippen LogP contribution in [-0.2, 0) is 5.41 Å². The van der Waals surface area contributed by atoms with Gasteiger partial charge in [0.2, 0.25) is 0 Å². The number of rotatable bonds is 3. The zero-order chi connectivity index (χ0) is 19.7. The number of phenols is 1. The van der Waals surface area contributed by atoms with E-state index in [1.165, 1.54) is 16.4 Å². The fraction of sp³-hybridized carbons (Fsp3) is 0.435. The molecule has 0 amide bonds. The van der Waals surface area contributed by atoms with Crippen molar-refractivity contribution in [1.29, 1.82) is 0 Å². The molecule has 0 saturated heterocycles. The Balaban J connectivity index is 2.53. The molecule has 2 aromatic carbocycles. The Morgan fingerprint density at radius 3 is 2.23 bits per heavy atom. The number of aliphatic imine (C=N–C) groups is 1. The van der Waals surface area contributed by atoms with E-state index in [1.54, 1.807) is 0 Å². The number of nitrogens with zero attached hydrogens (tertiary/aromatic N) is 1. The predicted molar refractivity (Wildman–Crippen MR) is 118 cm³/mol. The number of phenolic OH excluding ortho intramolecular Hbond substituents is 1. The summed E-state index contributed by atoms with van der Waals surface area (Å²) in [5, 5.41) is 13.2. The minimum Gasteiger partial charge on any atom is -0.507 e. The number of hydrogen-bond donors (Lipinski definition) is 1. The van der Waals surface area contributed by atoms with E-state index in [1.807, 2.05) is 6.21 Å². The molecule has 0 spiro atoms. The van der Waals surface area contributed by atoms with E-state index in [2.05, 4.69) is 90.7 Å². The zero-order valence-corrected chi connectivity index (χ0v) is 18.4. The van der Waals surface area contributed by atoms with Crippen LogP contribution in [0.25, 0.3) is 0 Å². The Morgan fingerprint density at radius 1 is 1.00 bits per heavy atom. The van der Waals surface area contributed by atoms with Crippen molar-refractivity contribution in [2.24, 2.45) is 4.99 Å². The fourth-order valence-corrected chi connectivity index (χ4v) is 4.21. The van der Waals surface area contributed by atoms with E-state index >= 15 is 0 Å². The van der Waals surface area contributed by atoms with Gasteiger partial charge in [0, 0.05) is 22.6 Å². The van der Waals surface area contributed by atoms with Crippen LogP contribution in [0.3, 0.4) is 0 Å². The van der Waals surface area contributed by atoms with Gasteiger partial charge in [-0.2, -0.15) is 0 Å². The lowest BCUT2D eigenvalue weighted by molar-refractivity contribution is 0.450.